The summed E-state index contributed by atoms with van der Waals surface area (Å²) in [5, 5.41) is 1.30. The second-order valence-corrected chi connectivity index (χ2v) is 7.83. The maximum absolute atomic E-state index is 5.50. The van der Waals surface area contributed by atoms with Gasteiger partial charge in [0, 0.05) is 0 Å². The molecular weight excluding hydrogens is 238 g/mol. The van der Waals surface area contributed by atoms with Crippen molar-refractivity contribution in [3.05, 3.63) is 0 Å². The molecule has 12 heavy (non-hydrogen) atoms. The Morgan fingerprint density at radius 3 is 2.08 bits per heavy atom. The van der Waals surface area contributed by atoms with Crippen molar-refractivity contribution in [3.8, 4) is 0 Å². The van der Waals surface area contributed by atoms with Crippen LogP contribution in [-0.4, -0.2) is 27.7 Å². The normalized spacial score (nSPS) is 11.0. The average molecular weight is 257 g/mol. The van der Waals surface area contributed by atoms with Gasteiger partial charge in [-0.3, -0.25) is 0 Å². The van der Waals surface area contributed by atoms with E-state index in [0.29, 0.717) is 14.5 Å². The van der Waals surface area contributed by atoms with Gasteiger partial charge < -0.3 is 0 Å². The van der Waals surface area contributed by atoms with Gasteiger partial charge in [0.1, 0.15) is 0 Å². The first kappa shape index (κ1) is 12.9. The quantitative estimate of drug-likeness (QED) is 0.377. The van der Waals surface area contributed by atoms with E-state index < -0.39 is 7.07 Å². The Hall–Kier alpha value is 0.869. The number of hydrogen-bond donors (Lipinski definition) is 0. The van der Waals surface area contributed by atoms with Crippen molar-refractivity contribution in [2.45, 2.75) is 38.9 Å². The summed E-state index contributed by atoms with van der Waals surface area (Å²) < 4.78 is 11.0. The predicted octanol–water partition coefficient (Wildman–Crippen LogP) is 3.21. The minimum absolute atomic E-state index is 0.510. The van der Waals surface area contributed by atoms with Gasteiger partial charge >= 0.3 is 82.8 Å². The van der Waals surface area contributed by atoms with Gasteiger partial charge in [0.15, 0.2) is 0 Å². The minimum atomic E-state index is -0.510. The zero-order chi connectivity index (χ0) is 9.23. The third-order valence-electron chi connectivity index (χ3n) is 1.16. The van der Waals surface area contributed by atoms with E-state index in [1.807, 2.05) is 13.8 Å². The Labute approximate surface area is 83.1 Å². The van der Waals surface area contributed by atoms with Crippen LogP contribution in [-0.2, 0) is 9.05 Å². The molecule has 0 aliphatic heterocycles. The predicted molar refractivity (Wildman–Crippen MR) is 55.6 cm³/mol. The Balaban J connectivity index is 3.34. The first-order valence-corrected chi connectivity index (χ1v) is 9.14. The van der Waals surface area contributed by atoms with Crippen LogP contribution in [0.1, 0.15) is 33.6 Å². The van der Waals surface area contributed by atoms with Gasteiger partial charge in [0.05, 0.1) is 0 Å². The summed E-state index contributed by atoms with van der Waals surface area (Å²) in [6.07, 6.45) is 2.60. The summed E-state index contributed by atoms with van der Waals surface area (Å²) in [6, 6.07) is 0. The summed E-state index contributed by atoms with van der Waals surface area (Å²) >= 11 is 0.567. The van der Waals surface area contributed by atoms with Crippen molar-refractivity contribution in [2.24, 2.45) is 0 Å². The molecule has 0 aliphatic rings. The van der Waals surface area contributed by atoms with E-state index in [9.17, 15) is 0 Å². The van der Waals surface area contributed by atoms with Crippen molar-refractivity contribution < 1.29 is 9.05 Å². The van der Waals surface area contributed by atoms with Crippen molar-refractivity contribution in [3.63, 3.8) is 0 Å². The summed E-state index contributed by atoms with van der Waals surface area (Å²) in [5.74, 6) is 0. The van der Waals surface area contributed by atoms with Crippen LogP contribution in [0, 0.1) is 0 Å². The SMILES string of the molecule is CCCC[Se]P(OCC)OCC. The fourth-order valence-corrected chi connectivity index (χ4v) is 6.15. The molecule has 0 saturated heterocycles. The van der Waals surface area contributed by atoms with E-state index in [-0.39, 0.29) is 0 Å². The molecule has 0 aromatic heterocycles. The van der Waals surface area contributed by atoms with Crippen LogP contribution in [0.4, 0.5) is 0 Å². The molecule has 0 saturated carbocycles. The second kappa shape index (κ2) is 9.95. The molecule has 0 aromatic rings. The Morgan fingerprint density at radius 1 is 1.08 bits per heavy atom. The van der Waals surface area contributed by atoms with Gasteiger partial charge in [0.25, 0.3) is 0 Å². The molecule has 2 nitrogen and oxygen atoms in total. The van der Waals surface area contributed by atoms with Gasteiger partial charge in [-0.2, -0.15) is 0 Å². The molecule has 0 amide bonds. The van der Waals surface area contributed by atoms with Crippen molar-refractivity contribution >= 4 is 21.6 Å². The third-order valence-corrected chi connectivity index (χ3v) is 6.90. The molecule has 0 bridgehead atoms. The van der Waals surface area contributed by atoms with Crippen LogP contribution >= 0.6 is 7.07 Å². The summed E-state index contributed by atoms with van der Waals surface area (Å²) in [6.45, 7) is 7.87. The van der Waals surface area contributed by atoms with E-state index in [1.165, 1.54) is 18.2 Å². The Kier molecular flexibility index (Phi) is 10.7. The van der Waals surface area contributed by atoms with Gasteiger partial charge in [-0.1, -0.05) is 0 Å². The van der Waals surface area contributed by atoms with Crippen LogP contribution < -0.4 is 0 Å². The van der Waals surface area contributed by atoms with Crippen LogP contribution in [0.2, 0.25) is 5.32 Å². The first-order chi connectivity index (χ1) is 5.85. The van der Waals surface area contributed by atoms with E-state index in [4.69, 9.17) is 9.05 Å². The zero-order valence-corrected chi connectivity index (χ0v) is 10.8. The first-order valence-electron chi connectivity index (χ1n) is 4.54. The molecule has 0 aromatic carbocycles. The summed E-state index contributed by atoms with van der Waals surface area (Å²) in [7, 11) is -0.510. The molecule has 0 heterocycles. The number of unbranched alkanes of at least 4 members (excludes halogenated alkanes) is 1. The van der Waals surface area contributed by atoms with Gasteiger partial charge in [0.2, 0.25) is 0 Å². The molecule has 0 rings (SSSR count). The van der Waals surface area contributed by atoms with E-state index in [1.54, 1.807) is 0 Å². The van der Waals surface area contributed by atoms with E-state index in [0.717, 1.165) is 13.2 Å². The van der Waals surface area contributed by atoms with Crippen LogP contribution in [0.3, 0.4) is 0 Å². The zero-order valence-electron chi connectivity index (χ0n) is 8.21. The summed E-state index contributed by atoms with van der Waals surface area (Å²) in [5.41, 5.74) is 0. The van der Waals surface area contributed by atoms with Crippen molar-refractivity contribution in [1.29, 1.82) is 0 Å². The summed E-state index contributed by atoms with van der Waals surface area (Å²) in [4.78, 5) is 0. The Morgan fingerprint density at radius 2 is 1.67 bits per heavy atom. The molecule has 74 valence electrons. The number of hydrogen-bond acceptors (Lipinski definition) is 2. The molecule has 0 spiro atoms. The maximum atomic E-state index is 5.50. The fourth-order valence-electron chi connectivity index (χ4n) is 0.606. The van der Waals surface area contributed by atoms with Crippen LogP contribution in [0.15, 0.2) is 0 Å². The fraction of sp³-hybridized carbons (Fsp3) is 1.00. The molecule has 0 radical (unpaired) electrons. The molecule has 0 fully saturated rings. The standard InChI is InChI=1S/C8H19O2PSe/c1-4-7-8-12-11(9-5-2)10-6-3/h4-8H2,1-3H3. The molecule has 0 unspecified atom stereocenters. The molecule has 4 heteroatoms. The number of rotatable bonds is 8. The molecule has 0 aliphatic carbocycles. The molecule has 0 atom stereocenters. The van der Waals surface area contributed by atoms with Crippen molar-refractivity contribution in [2.75, 3.05) is 13.2 Å². The third kappa shape index (κ3) is 7.52. The topological polar surface area (TPSA) is 18.5 Å². The van der Waals surface area contributed by atoms with E-state index >= 15 is 0 Å². The monoisotopic (exact) mass is 258 g/mol. The average Bonchev–Trinajstić information content (AvgIpc) is 2.06. The van der Waals surface area contributed by atoms with E-state index in [2.05, 4.69) is 6.92 Å². The van der Waals surface area contributed by atoms with Crippen molar-refractivity contribution in [1.82, 2.24) is 0 Å². The van der Waals surface area contributed by atoms with Gasteiger partial charge in [-0.05, 0) is 0 Å². The molecular formula is C8H19O2PSe. The van der Waals surface area contributed by atoms with Gasteiger partial charge in [-0.15, -0.1) is 0 Å². The second-order valence-electron chi connectivity index (χ2n) is 2.25. The Bertz CT molecular complexity index is 87.1. The van der Waals surface area contributed by atoms with Gasteiger partial charge in [-0.25, -0.2) is 0 Å². The molecule has 0 N–H and O–H groups in total. The van der Waals surface area contributed by atoms with Crippen LogP contribution in [0.5, 0.6) is 0 Å². The van der Waals surface area contributed by atoms with Crippen LogP contribution in [0.25, 0.3) is 0 Å².